The molecule has 6 nitrogen and oxygen atoms in total. The number of aromatic nitrogens is 2. The van der Waals surface area contributed by atoms with E-state index in [0.29, 0.717) is 12.2 Å². The van der Waals surface area contributed by atoms with Gasteiger partial charge in [0.15, 0.2) is 5.82 Å². The number of hydrogen-bond donors (Lipinski definition) is 1. The molecule has 1 unspecified atom stereocenters. The van der Waals surface area contributed by atoms with Crippen molar-refractivity contribution in [2.75, 3.05) is 25.8 Å². The minimum atomic E-state index is -0.103. The number of nitrogens with one attached hydrogen (secondary N) is 1. The van der Waals surface area contributed by atoms with E-state index in [1.807, 2.05) is 36.2 Å². The van der Waals surface area contributed by atoms with Crippen molar-refractivity contribution >= 4 is 23.5 Å². The summed E-state index contributed by atoms with van der Waals surface area (Å²) in [7, 11) is 3.30. The first-order valence-electron chi connectivity index (χ1n) is 7.78. The Kier molecular flexibility index (Phi) is 4.71. The van der Waals surface area contributed by atoms with E-state index < -0.39 is 0 Å². The van der Waals surface area contributed by atoms with E-state index in [1.165, 1.54) is 0 Å². The van der Waals surface area contributed by atoms with Crippen LogP contribution in [0.4, 0.5) is 5.82 Å². The van der Waals surface area contributed by atoms with E-state index in [2.05, 4.69) is 10.4 Å². The molecule has 0 fully saturated rings. The maximum absolute atomic E-state index is 12.1. The van der Waals surface area contributed by atoms with Gasteiger partial charge in [0, 0.05) is 36.2 Å². The number of amides is 1. The average Bonchev–Trinajstić information content (AvgIpc) is 3.02. The first-order valence-corrected chi connectivity index (χ1v) is 9.00. The van der Waals surface area contributed by atoms with Crippen LogP contribution in [0.15, 0.2) is 23.2 Å². The Morgan fingerprint density at radius 1 is 1.29 bits per heavy atom. The molecule has 24 heavy (non-hydrogen) atoms. The average molecular weight is 347 g/mol. The monoisotopic (exact) mass is 347 g/mol. The molecule has 1 aromatic carbocycles. The van der Waals surface area contributed by atoms with Crippen molar-refractivity contribution in [1.29, 1.82) is 0 Å². The standard InChI is InChI=1S/C17H21N3O3S/c1-5-20-9-12-10(7-16(21)18-17(12)19-20)11-6-14(23-3)15(24-4)8-13(11)22-2/h6,8-10H,5,7H2,1-4H3,(H,18,19,21). The number of benzene rings is 1. The highest BCUT2D eigenvalue weighted by Crippen LogP contribution is 2.44. The van der Waals surface area contributed by atoms with Crippen molar-refractivity contribution in [3.8, 4) is 11.5 Å². The Bertz CT molecular complexity index is 773. The molecule has 1 aliphatic rings. The predicted molar refractivity (Wildman–Crippen MR) is 94.3 cm³/mol. The Balaban J connectivity index is 2.14. The Morgan fingerprint density at radius 2 is 2.04 bits per heavy atom. The lowest BCUT2D eigenvalue weighted by atomic mass is 9.86. The number of carbonyl (C=O) groups is 1. The van der Waals surface area contributed by atoms with Gasteiger partial charge in [-0.3, -0.25) is 9.48 Å². The molecular weight excluding hydrogens is 326 g/mol. The molecule has 0 saturated heterocycles. The maximum atomic E-state index is 12.1. The lowest BCUT2D eigenvalue weighted by Gasteiger charge is -2.24. The summed E-state index contributed by atoms with van der Waals surface area (Å²) < 4.78 is 12.9. The minimum absolute atomic E-state index is 0.0381. The second kappa shape index (κ2) is 6.76. The second-order valence-electron chi connectivity index (χ2n) is 5.54. The molecule has 7 heteroatoms. The van der Waals surface area contributed by atoms with E-state index in [0.717, 1.165) is 34.1 Å². The summed E-state index contributed by atoms with van der Waals surface area (Å²) in [5.41, 5.74) is 1.95. The zero-order valence-corrected chi connectivity index (χ0v) is 15.1. The fourth-order valence-electron chi connectivity index (χ4n) is 3.03. The topological polar surface area (TPSA) is 65.4 Å². The highest BCUT2D eigenvalue weighted by molar-refractivity contribution is 7.98. The van der Waals surface area contributed by atoms with Gasteiger partial charge in [-0.1, -0.05) is 0 Å². The third-order valence-electron chi connectivity index (χ3n) is 4.25. The van der Waals surface area contributed by atoms with Crippen molar-refractivity contribution in [3.63, 3.8) is 0 Å². The number of carbonyl (C=O) groups excluding carboxylic acids is 1. The summed E-state index contributed by atoms with van der Waals surface area (Å²) in [6.45, 7) is 2.77. The van der Waals surface area contributed by atoms with E-state index in [-0.39, 0.29) is 11.8 Å². The summed E-state index contributed by atoms with van der Waals surface area (Å²) in [4.78, 5) is 13.2. The fourth-order valence-corrected chi connectivity index (χ4v) is 3.60. The summed E-state index contributed by atoms with van der Waals surface area (Å²) in [5.74, 6) is 2.04. The largest absolute Gasteiger partial charge is 0.496 e. The van der Waals surface area contributed by atoms with Gasteiger partial charge < -0.3 is 14.8 Å². The molecule has 1 atom stereocenters. The summed E-state index contributed by atoms with van der Waals surface area (Å²) in [6, 6.07) is 3.94. The first kappa shape index (κ1) is 16.7. The first-order chi connectivity index (χ1) is 11.6. The van der Waals surface area contributed by atoms with Crippen LogP contribution in [-0.4, -0.2) is 36.2 Å². The van der Waals surface area contributed by atoms with Crippen molar-refractivity contribution in [3.05, 3.63) is 29.5 Å². The maximum Gasteiger partial charge on any atom is 0.226 e. The summed E-state index contributed by atoms with van der Waals surface area (Å²) in [5, 5.41) is 7.29. The number of rotatable bonds is 5. The zero-order chi connectivity index (χ0) is 17.3. The van der Waals surface area contributed by atoms with Crippen LogP contribution in [0.2, 0.25) is 0 Å². The van der Waals surface area contributed by atoms with E-state index in [1.54, 1.807) is 26.0 Å². The van der Waals surface area contributed by atoms with Crippen LogP contribution in [0.25, 0.3) is 0 Å². The molecule has 0 saturated carbocycles. The second-order valence-corrected chi connectivity index (χ2v) is 6.39. The molecule has 0 bridgehead atoms. The van der Waals surface area contributed by atoms with E-state index >= 15 is 0 Å². The molecule has 128 valence electrons. The Labute approximate surface area is 145 Å². The molecule has 2 heterocycles. The van der Waals surface area contributed by atoms with E-state index in [9.17, 15) is 4.79 Å². The number of fused-ring (bicyclic) bond motifs is 1. The molecule has 1 amide bonds. The van der Waals surface area contributed by atoms with Crippen molar-refractivity contribution in [2.24, 2.45) is 0 Å². The van der Waals surface area contributed by atoms with Crippen molar-refractivity contribution < 1.29 is 14.3 Å². The molecule has 3 rings (SSSR count). The quantitative estimate of drug-likeness (QED) is 0.842. The van der Waals surface area contributed by atoms with Gasteiger partial charge in [-0.25, -0.2) is 0 Å². The lowest BCUT2D eigenvalue weighted by molar-refractivity contribution is -0.116. The van der Waals surface area contributed by atoms with Crippen LogP contribution < -0.4 is 14.8 Å². The number of aryl methyl sites for hydroxylation is 1. The van der Waals surface area contributed by atoms with Crippen LogP contribution in [0.5, 0.6) is 11.5 Å². The van der Waals surface area contributed by atoms with Crippen molar-refractivity contribution in [1.82, 2.24) is 9.78 Å². The third-order valence-corrected chi connectivity index (χ3v) is 5.01. The fraction of sp³-hybridized carbons (Fsp3) is 0.412. The highest BCUT2D eigenvalue weighted by Gasteiger charge is 2.32. The number of ether oxygens (including phenoxy) is 2. The zero-order valence-electron chi connectivity index (χ0n) is 14.3. The number of methoxy groups -OCH3 is 2. The summed E-state index contributed by atoms with van der Waals surface area (Å²) >= 11 is 1.60. The molecule has 2 aromatic rings. The van der Waals surface area contributed by atoms with Gasteiger partial charge in [0.1, 0.15) is 11.5 Å². The van der Waals surface area contributed by atoms with Crippen molar-refractivity contribution in [2.45, 2.75) is 30.7 Å². The molecule has 1 aromatic heterocycles. The van der Waals surface area contributed by atoms with Crippen LogP contribution in [0, 0.1) is 0 Å². The normalized spacial score (nSPS) is 16.5. The number of thioether (sulfide) groups is 1. The molecule has 1 N–H and O–H groups in total. The Hall–Kier alpha value is -2.15. The van der Waals surface area contributed by atoms with Gasteiger partial charge in [-0.2, -0.15) is 5.10 Å². The van der Waals surface area contributed by atoms with Gasteiger partial charge in [-0.05, 0) is 25.3 Å². The summed E-state index contributed by atoms with van der Waals surface area (Å²) in [6.07, 6.45) is 4.35. The SMILES string of the molecule is CCn1cc2c(n1)NC(=O)CC2c1cc(OC)c(SC)cc1OC. The molecule has 1 aliphatic heterocycles. The molecule has 0 radical (unpaired) electrons. The molecule has 0 spiro atoms. The van der Waals surface area contributed by atoms with Gasteiger partial charge >= 0.3 is 0 Å². The van der Waals surface area contributed by atoms with Gasteiger partial charge in [-0.15, -0.1) is 11.8 Å². The van der Waals surface area contributed by atoms with Gasteiger partial charge in [0.25, 0.3) is 0 Å². The van der Waals surface area contributed by atoms with E-state index in [4.69, 9.17) is 9.47 Å². The van der Waals surface area contributed by atoms with Gasteiger partial charge in [0.05, 0.1) is 19.1 Å². The smallest absolute Gasteiger partial charge is 0.226 e. The highest BCUT2D eigenvalue weighted by atomic mass is 32.2. The Morgan fingerprint density at radius 3 is 2.67 bits per heavy atom. The van der Waals surface area contributed by atoms with Crippen LogP contribution >= 0.6 is 11.8 Å². The van der Waals surface area contributed by atoms with Crippen LogP contribution in [0.1, 0.15) is 30.4 Å². The minimum Gasteiger partial charge on any atom is -0.496 e. The number of nitrogens with zero attached hydrogens (tertiary/aromatic N) is 2. The molecular formula is C17H21N3O3S. The number of hydrogen-bond acceptors (Lipinski definition) is 5. The predicted octanol–water partition coefficient (Wildman–Crippen LogP) is 3.12. The number of anilines is 1. The van der Waals surface area contributed by atoms with Gasteiger partial charge in [0.2, 0.25) is 5.91 Å². The third kappa shape index (κ3) is 2.84. The van der Waals surface area contributed by atoms with Crippen LogP contribution in [-0.2, 0) is 11.3 Å². The molecule has 0 aliphatic carbocycles. The van der Waals surface area contributed by atoms with Crippen LogP contribution in [0.3, 0.4) is 0 Å². The lowest BCUT2D eigenvalue weighted by Crippen LogP contribution is -2.23.